The number of aliphatic hydroxyl groups is 1. The van der Waals surface area contributed by atoms with Gasteiger partial charge in [0.1, 0.15) is 6.61 Å². The van der Waals surface area contributed by atoms with E-state index in [0.29, 0.717) is 13.2 Å². The molecule has 120 valence electrons. The van der Waals surface area contributed by atoms with E-state index in [1.165, 1.54) is 25.7 Å². The van der Waals surface area contributed by atoms with E-state index in [2.05, 4.69) is 4.90 Å². The molecule has 3 rings (SSSR count). The van der Waals surface area contributed by atoms with Gasteiger partial charge in [-0.3, -0.25) is 0 Å². The SMILES string of the molecule is O=C1OC[C@@H](CN2CCCCC2)N1C[C@@H]1CCCC[C@@H]1O. The predicted octanol–water partition coefficient (Wildman–Crippen LogP) is 1.84. The highest BCUT2D eigenvalue weighted by Gasteiger charge is 2.37. The van der Waals surface area contributed by atoms with Crippen molar-refractivity contribution in [1.29, 1.82) is 0 Å². The molecule has 0 aromatic carbocycles. The van der Waals surface area contributed by atoms with Crippen molar-refractivity contribution in [3.63, 3.8) is 0 Å². The van der Waals surface area contributed by atoms with Crippen LogP contribution in [-0.2, 0) is 4.74 Å². The number of ether oxygens (including phenoxy) is 1. The molecule has 2 saturated heterocycles. The standard InChI is InChI=1S/C16H28N2O3/c19-15-7-3-2-6-13(15)10-18-14(12-21-16(18)20)11-17-8-4-1-5-9-17/h13-15,19H,1-12H2/t13-,14+,15-/m0/s1. The van der Waals surface area contributed by atoms with Crippen LogP contribution in [0.1, 0.15) is 44.9 Å². The quantitative estimate of drug-likeness (QED) is 0.860. The van der Waals surface area contributed by atoms with Crippen LogP contribution < -0.4 is 0 Å². The van der Waals surface area contributed by atoms with E-state index >= 15 is 0 Å². The van der Waals surface area contributed by atoms with Gasteiger partial charge in [0.25, 0.3) is 0 Å². The zero-order valence-corrected chi connectivity index (χ0v) is 12.9. The second-order valence-electron chi connectivity index (χ2n) is 6.86. The van der Waals surface area contributed by atoms with E-state index in [1.807, 2.05) is 4.90 Å². The Kier molecular flexibility index (Phi) is 5.01. The zero-order valence-electron chi connectivity index (χ0n) is 12.9. The van der Waals surface area contributed by atoms with Gasteiger partial charge >= 0.3 is 6.09 Å². The van der Waals surface area contributed by atoms with Crippen LogP contribution >= 0.6 is 0 Å². The Morgan fingerprint density at radius 2 is 1.81 bits per heavy atom. The van der Waals surface area contributed by atoms with Gasteiger partial charge in [0.05, 0.1) is 12.1 Å². The number of amides is 1. The third kappa shape index (κ3) is 3.69. The van der Waals surface area contributed by atoms with E-state index < -0.39 is 0 Å². The van der Waals surface area contributed by atoms with E-state index in [1.54, 1.807) is 0 Å². The van der Waals surface area contributed by atoms with E-state index in [-0.39, 0.29) is 24.2 Å². The minimum absolute atomic E-state index is 0.171. The molecule has 1 amide bonds. The molecule has 0 bridgehead atoms. The number of hydrogen-bond donors (Lipinski definition) is 1. The van der Waals surface area contributed by atoms with Crippen LogP contribution in [0, 0.1) is 5.92 Å². The van der Waals surface area contributed by atoms with Crippen LogP contribution in [0.2, 0.25) is 0 Å². The molecular formula is C16H28N2O3. The molecule has 3 atom stereocenters. The lowest BCUT2D eigenvalue weighted by molar-refractivity contribution is 0.0466. The molecule has 1 saturated carbocycles. The van der Waals surface area contributed by atoms with E-state index in [9.17, 15) is 9.90 Å². The van der Waals surface area contributed by atoms with Crippen LogP contribution in [-0.4, -0.2) is 65.9 Å². The number of carbonyl (C=O) groups excluding carboxylic acids is 1. The first-order valence-corrected chi connectivity index (χ1v) is 8.58. The second kappa shape index (κ2) is 6.97. The summed E-state index contributed by atoms with van der Waals surface area (Å²) < 4.78 is 5.28. The van der Waals surface area contributed by atoms with Crippen LogP contribution in [0.4, 0.5) is 4.79 Å². The smallest absolute Gasteiger partial charge is 0.410 e. The molecular weight excluding hydrogens is 268 g/mol. The maximum Gasteiger partial charge on any atom is 0.410 e. The topological polar surface area (TPSA) is 53.0 Å². The lowest BCUT2D eigenvalue weighted by atomic mass is 9.86. The summed E-state index contributed by atoms with van der Waals surface area (Å²) in [5.41, 5.74) is 0. The number of piperidine rings is 1. The highest BCUT2D eigenvalue weighted by Crippen LogP contribution is 2.27. The Bertz CT molecular complexity index is 357. The van der Waals surface area contributed by atoms with Gasteiger partial charge in [0, 0.05) is 19.0 Å². The van der Waals surface area contributed by atoms with E-state index in [0.717, 1.165) is 38.9 Å². The zero-order chi connectivity index (χ0) is 14.7. The fourth-order valence-corrected chi connectivity index (χ4v) is 3.96. The van der Waals surface area contributed by atoms with Crippen LogP contribution in [0.3, 0.4) is 0 Å². The Labute approximate surface area is 127 Å². The van der Waals surface area contributed by atoms with Crippen molar-refractivity contribution in [2.45, 2.75) is 57.1 Å². The first-order valence-electron chi connectivity index (χ1n) is 8.58. The van der Waals surface area contributed by atoms with Gasteiger partial charge in [-0.05, 0) is 38.8 Å². The van der Waals surface area contributed by atoms with E-state index in [4.69, 9.17) is 4.74 Å². The normalized spacial score (nSPS) is 35.0. The highest BCUT2D eigenvalue weighted by molar-refractivity contribution is 5.70. The summed E-state index contributed by atoms with van der Waals surface area (Å²) in [5, 5.41) is 10.1. The van der Waals surface area contributed by atoms with Gasteiger partial charge in [-0.25, -0.2) is 4.79 Å². The average Bonchev–Trinajstić information content (AvgIpc) is 2.84. The largest absolute Gasteiger partial charge is 0.447 e. The van der Waals surface area contributed by atoms with Crippen LogP contribution in [0.5, 0.6) is 0 Å². The van der Waals surface area contributed by atoms with Gasteiger partial charge in [0.2, 0.25) is 0 Å². The fourth-order valence-electron chi connectivity index (χ4n) is 3.96. The lowest BCUT2D eigenvalue weighted by Gasteiger charge is -2.35. The molecule has 1 N–H and O–H groups in total. The maximum absolute atomic E-state index is 12.0. The summed E-state index contributed by atoms with van der Waals surface area (Å²) in [4.78, 5) is 16.4. The Balaban J connectivity index is 1.56. The van der Waals surface area contributed by atoms with Crippen molar-refractivity contribution in [3.05, 3.63) is 0 Å². The van der Waals surface area contributed by atoms with Gasteiger partial charge in [-0.2, -0.15) is 0 Å². The average molecular weight is 296 g/mol. The molecule has 21 heavy (non-hydrogen) atoms. The summed E-state index contributed by atoms with van der Waals surface area (Å²) in [6, 6.07) is 0.171. The molecule has 2 heterocycles. The van der Waals surface area contributed by atoms with Gasteiger partial charge in [-0.15, -0.1) is 0 Å². The number of carbonyl (C=O) groups is 1. The molecule has 3 fully saturated rings. The third-order valence-electron chi connectivity index (χ3n) is 5.29. The Hall–Kier alpha value is -0.810. The van der Waals surface area contributed by atoms with Crippen molar-refractivity contribution in [2.75, 3.05) is 32.8 Å². The molecule has 5 nitrogen and oxygen atoms in total. The molecule has 3 aliphatic rings. The number of rotatable bonds is 4. The van der Waals surface area contributed by atoms with Crippen molar-refractivity contribution in [3.8, 4) is 0 Å². The van der Waals surface area contributed by atoms with Gasteiger partial charge in [-0.1, -0.05) is 19.3 Å². The molecule has 0 spiro atoms. The molecule has 2 aliphatic heterocycles. The van der Waals surface area contributed by atoms with Crippen molar-refractivity contribution in [1.82, 2.24) is 9.80 Å². The summed E-state index contributed by atoms with van der Waals surface area (Å²) in [6.07, 6.45) is 7.62. The maximum atomic E-state index is 12.0. The first-order chi connectivity index (χ1) is 10.2. The van der Waals surface area contributed by atoms with Crippen molar-refractivity contribution < 1.29 is 14.6 Å². The molecule has 5 heteroatoms. The first kappa shape index (κ1) is 15.1. The lowest BCUT2D eigenvalue weighted by Crippen LogP contribution is -2.47. The summed E-state index contributed by atoms with van der Waals surface area (Å²) >= 11 is 0. The molecule has 0 aromatic heterocycles. The number of hydrogen-bond acceptors (Lipinski definition) is 4. The minimum Gasteiger partial charge on any atom is -0.447 e. The minimum atomic E-state index is -0.247. The third-order valence-corrected chi connectivity index (χ3v) is 5.29. The summed E-state index contributed by atoms with van der Waals surface area (Å²) in [7, 11) is 0. The molecule has 0 unspecified atom stereocenters. The van der Waals surface area contributed by atoms with Crippen LogP contribution in [0.25, 0.3) is 0 Å². The number of cyclic esters (lactones) is 1. The van der Waals surface area contributed by atoms with Crippen molar-refractivity contribution in [2.24, 2.45) is 5.92 Å². The number of likely N-dealkylation sites (tertiary alicyclic amines) is 1. The molecule has 0 radical (unpaired) electrons. The summed E-state index contributed by atoms with van der Waals surface area (Å²) in [6.45, 7) is 4.39. The fraction of sp³-hybridized carbons (Fsp3) is 0.938. The Morgan fingerprint density at radius 3 is 2.57 bits per heavy atom. The van der Waals surface area contributed by atoms with Crippen molar-refractivity contribution >= 4 is 6.09 Å². The molecule has 1 aliphatic carbocycles. The highest BCUT2D eigenvalue weighted by atomic mass is 16.6. The summed E-state index contributed by atoms with van der Waals surface area (Å²) in [5.74, 6) is 0.230. The number of nitrogens with zero attached hydrogens (tertiary/aromatic N) is 2. The number of aliphatic hydroxyl groups excluding tert-OH is 1. The van der Waals surface area contributed by atoms with Crippen LogP contribution in [0.15, 0.2) is 0 Å². The Morgan fingerprint density at radius 1 is 1.05 bits per heavy atom. The van der Waals surface area contributed by atoms with Gasteiger partial charge < -0.3 is 19.6 Å². The molecule has 0 aromatic rings. The predicted molar refractivity (Wildman–Crippen MR) is 80.1 cm³/mol. The second-order valence-corrected chi connectivity index (χ2v) is 6.86. The monoisotopic (exact) mass is 296 g/mol. The van der Waals surface area contributed by atoms with Gasteiger partial charge in [0.15, 0.2) is 0 Å².